The summed E-state index contributed by atoms with van der Waals surface area (Å²) in [6, 6.07) is 2.01. The first-order chi connectivity index (χ1) is 7.56. The molecule has 1 amide bonds. The van der Waals surface area contributed by atoms with Crippen molar-refractivity contribution >= 4 is 34.5 Å². The fraction of sp³-hybridized carbons (Fsp3) is 0.455. The van der Waals surface area contributed by atoms with Gasteiger partial charge in [0.1, 0.15) is 0 Å². The zero-order valence-corrected chi connectivity index (χ0v) is 11.1. The second-order valence-corrected chi connectivity index (χ2v) is 4.94. The quantitative estimate of drug-likeness (QED) is 0.820. The summed E-state index contributed by atoms with van der Waals surface area (Å²) in [6.07, 6.45) is 0.655. The molecule has 0 bridgehead atoms. The smallest absolute Gasteiger partial charge is 0.232 e. The summed E-state index contributed by atoms with van der Waals surface area (Å²) < 4.78 is 0. The van der Waals surface area contributed by atoms with Crippen LogP contribution in [0.1, 0.15) is 18.9 Å². The lowest BCUT2D eigenvalue weighted by Crippen LogP contribution is -2.38. The van der Waals surface area contributed by atoms with Crippen molar-refractivity contribution in [3.05, 3.63) is 22.4 Å². The molecule has 0 aliphatic rings. The van der Waals surface area contributed by atoms with Crippen LogP contribution in [0.2, 0.25) is 0 Å². The zero-order valence-electron chi connectivity index (χ0n) is 9.47. The van der Waals surface area contributed by atoms with Gasteiger partial charge in [-0.2, -0.15) is 11.3 Å². The molecule has 3 nitrogen and oxygen atoms in total. The van der Waals surface area contributed by atoms with Gasteiger partial charge in [0.05, 0.1) is 10.9 Å². The molecule has 16 heavy (non-hydrogen) atoms. The van der Waals surface area contributed by atoms with E-state index in [1.807, 2.05) is 23.8 Å². The number of hydrogen-bond acceptors (Lipinski definition) is 3. The molecule has 1 atom stereocenters. The van der Waals surface area contributed by atoms with Crippen molar-refractivity contribution in [3.63, 3.8) is 0 Å². The van der Waals surface area contributed by atoms with Gasteiger partial charge in [-0.3, -0.25) is 4.79 Å². The molecule has 88 valence electrons. The highest BCUT2D eigenvalue weighted by Crippen LogP contribution is 2.12. The Balaban J connectivity index is 2.62. The number of carbonyl (C=O) groups is 1. The number of carbonyl (C=O) groups excluding carboxylic acids is 1. The first-order valence-corrected chi connectivity index (χ1v) is 6.46. The molecule has 2 N–H and O–H groups in total. The third-order valence-corrected chi connectivity index (χ3v) is 3.44. The largest absolute Gasteiger partial charge is 0.393 e. The number of nitrogens with two attached hydrogens (primary N) is 1. The maximum Gasteiger partial charge on any atom is 0.232 e. The first-order valence-electron chi connectivity index (χ1n) is 5.11. The van der Waals surface area contributed by atoms with Crippen molar-refractivity contribution in [2.24, 2.45) is 11.7 Å². The van der Waals surface area contributed by atoms with E-state index in [9.17, 15) is 4.79 Å². The van der Waals surface area contributed by atoms with Gasteiger partial charge in [-0.1, -0.05) is 19.1 Å². The number of amides is 1. The maximum absolute atomic E-state index is 12.0. The molecule has 0 saturated carbocycles. The molecule has 0 fully saturated rings. The standard InChI is InChI=1S/C11H16N2OS2/c1-3-9(10(12)15)11(14)13(2)6-8-4-5-16-7-8/h4-5,7,9H,3,6H2,1-2H3,(H2,12,15). The molecule has 1 aromatic heterocycles. The highest BCUT2D eigenvalue weighted by Gasteiger charge is 2.22. The summed E-state index contributed by atoms with van der Waals surface area (Å²) in [5.74, 6) is -0.333. The molecule has 1 heterocycles. The minimum Gasteiger partial charge on any atom is -0.393 e. The summed E-state index contributed by atoms with van der Waals surface area (Å²) >= 11 is 6.52. The topological polar surface area (TPSA) is 46.3 Å². The molecule has 0 aliphatic carbocycles. The predicted octanol–water partition coefficient (Wildman–Crippen LogP) is 2.02. The minimum atomic E-state index is -0.335. The van der Waals surface area contributed by atoms with E-state index < -0.39 is 0 Å². The summed E-state index contributed by atoms with van der Waals surface area (Å²) in [5, 5.41) is 4.03. The predicted molar refractivity (Wildman–Crippen MR) is 71.4 cm³/mol. The Labute approximate surface area is 105 Å². The Kier molecular flexibility index (Phi) is 4.89. The molecule has 1 rings (SSSR count). The molecule has 1 aromatic rings. The average molecular weight is 256 g/mol. The van der Waals surface area contributed by atoms with Gasteiger partial charge < -0.3 is 10.6 Å². The van der Waals surface area contributed by atoms with E-state index in [0.29, 0.717) is 13.0 Å². The Morgan fingerprint density at radius 3 is 2.81 bits per heavy atom. The van der Waals surface area contributed by atoms with Crippen LogP contribution >= 0.6 is 23.6 Å². The van der Waals surface area contributed by atoms with Gasteiger partial charge in [0, 0.05) is 13.6 Å². The molecule has 0 aliphatic heterocycles. The number of nitrogens with zero attached hydrogens (tertiary/aromatic N) is 1. The number of thiocarbonyl (C=S) groups is 1. The fourth-order valence-electron chi connectivity index (χ4n) is 1.50. The molecule has 5 heteroatoms. The lowest BCUT2D eigenvalue weighted by molar-refractivity contribution is -0.132. The Morgan fingerprint density at radius 1 is 1.69 bits per heavy atom. The SMILES string of the molecule is CCC(C(=O)N(C)Cc1ccsc1)C(N)=S. The third-order valence-electron chi connectivity index (χ3n) is 2.43. The van der Waals surface area contributed by atoms with Gasteiger partial charge in [-0.25, -0.2) is 0 Å². The van der Waals surface area contributed by atoms with Gasteiger partial charge in [0.15, 0.2) is 0 Å². The van der Waals surface area contributed by atoms with Crippen LogP contribution in [0.25, 0.3) is 0 Å². The number of thiophene rings is 1. The van der Waals surface area contributed by atoms with Crippen LogP contribution in [0, 0.1) is 5.92 Å². The van der Waals surface area contributed by atoms with Crippen LogP contribution in [0.3, 0.4) is 0 Å². The van der Waals surface area contributed by atoms with E-state index >= 15 is 0 Å². The van der Waals surface area contributed by atoms with E-state index in [2.05, 4.69) is 0 Å². The van der Waals surface area contributed by atoms with Gasteiger partial charge in [-0.15, -0.1) is 0 Å². The number of hydrogen-bond donors (Lipinski definition) is 1. The van der Waals surface area contributed by atoms with Gasteiger partial charge >= 0.3 is 0 Å². The lowest BCUT2D eigenvalue weighted by atomic mass is 10.1. The van der Waals surface area contributed by atoms with Crippen LogP contribution in [-0.2, 0) is 11.3 Å². The normalized spacial score (nSPS) is 12.1. The maximum atomic E-state index is 12.0. The highest BCUT2D eigenvalue weighted by atomic mass is 32.1. The highest BCUT2D eigenvalue weighted by molar-refractivity contribution is 7.80. The Morgan fingerprint density at radius 2 is 2.38 bits per heavy atom. The van der Waals surface area contributed by atoms with Crippen molar-refractivity contribution in [1.29, 1.82) is 0 Å². The van der Waals surface area contributed by atoms with E-state index in [4.69, 9.17) is 18.0 Å². The monoisotopic (exact) mass is 256 g/mol. The minimum absolute atomic E-state index is 0.00111. The summed E-state index contributed by atoms with van der Waals surface area (Å²) in [5.41, 5.74) is 6.68. The van der Waals surface area contributed by atoms with Crippen molar-refractivity contribution < 1.29 is 4.79 Å². The van der Waals surface area contributed by atoms with Gasteiger partial charge in [-0.05, 0) is 28.8 Å². The molecule has 0 radical (unpaired) electrons. The van der Waals surface area contributed by atoms with Crippen LogP contribution < -0.4 is 5.73 Å². The second-order valence-electron chi connectivity index (χ2n) is 3.69. The van der Waals surface area contributed by atoms with Crippen LogP contribution in [0.15, 0.2) is 16.8 Å². The van der Waals surface area contributed by atoms with E-state index in [1.165, 1.54) is 0 Å². The molecule has 0 spiro atoms. The molecule has 0 saturated heterocycles. The first kappa shape index (κ1) is 13.1. The van der Waals surface area contributed by atoms with Crippen LogP contribution in [0.5, 0.6) is 0 Å². The van der Waals surface area contributed by atoms with Gasteiger partial charge in [0.2, 0.25) is 5.91 Å². The van der Waals surface area contributed by atoms with Crippen molar-refractivity contribution in [2.75, 3.05) is 7.05 Å². The summed E-state index contributed by atoms with van der Waals surface area (Å²) in [7, 11) is 1.78. The molecular formula is C11H16N2OS2. The second kappa shape index (κ2) is 5.96. The third kappa shape index (κ3) is 3.28. The Hall–Kier alpha value is -0.940. The molecular weight excluding hydrogens is 240 g/mol. The number of rotatable bonds is 5. The lowest BCUT2D eigenvalue weighted by Gasteiger charge is -2.21. The van der Waals surface area contributed by atoms with Crippen molar-refractivity contribution in [3.8, 4) is 0 Å². The van der Waals surface area contributed by atoms with E-state index in [1.54, 1.807) is 23.3 Å². The summed E-state index contributed by atoms with van der Waals surface area (Å²) in [6.45, 7) is 2.53. The van der Waals surface area contributed by atoms with Crippen molar-refractivity contribution in [1.82, 2.24) is 4.90 Å². The van der Waals surface area contributed by atoms with E-state index in [-0.39, 0.29) is 16.8 Å². The Bertz CT molecular complexity index is 362. The van der Waals surface area contributed by atoms with E-state index in [0.717, 1.165) is 5.56 Å². The van der Waals surface area contributed by atoms with Crippen LogP contribution in [0.4, 0.5) is 0 Å². The zero-order chi connectivity index (χ0) is 12.1. The average Bonchev–Trinajstić information content (AvgIpc) is 2.70. The van der Waals surface area contributed by atoms with Crippen LogP contribution in [-0.4, -0.2) is 22.8 Å². The van der Waals surface area contributed by atoms with Crippen molar-refractivity contribution in [2.45, 2.75) is 19.9 Å². The molecule has 0 aromatic carbocycles. The summed E-state index contributed by atoms with van der Waals surface area (Å²) in [4.78, 5) is 14.0. The molecule has 1 unspecified atom stereocenters. The fourth-order valence-corrected chi connectivity index (χ4v) is 2.43. The van der Waals surface area contributed by atoms with Gasteiger partial charge in [0.25, 0.3) is 0 Å².